The van der Waals surface area contributed by atoms with Gasteiger partial charge in [0.25, 0.3) is 5.91 Å². The van der Waals surface area contributed by atoms with Crippen LogP contribution in [-0.2, 0) is 0 Å². The first-order chi connectivity index (χ1) is 13.4. The van der Waals surface area contributed by atoms with Crippen LogP contribution >= 0.6 is 0 Å². The third kappa shape index (κ3) is 3.35. The Bertz CT molecular complexity index is 1080. The molecule has 4 rings (SSSR count). The first-order valence-corrected chi connectivity index (χ1v) is 9.89. The summed E-state index contributed by atoms with van der Waals surface area (Å²) in [5.74, 6) is 1.18. The van der Waals surface area contributed by atoms with Gasteiger partial charge in [-0.2, -0.15) is 0 Å². The number of H-pyrrole nitrogens is 1. The van der Waals surface area contributed by atoms with E-state index in [1.165, 1.54) is 6.07 Å². The molecule has 2 aromatic heterocycles. The van der Waals surface area contributed by atoms with Gasteiger partial charge in [0.05, 0.1) is 5.56 Å². The van der Waals surface area contributed by atoms with E-state index in [0.29, 0.717) is 30.2 Å². The number of nitrogens with zero attached hydrogens (tertiary/aromatic N) is 3. The quantitative estimate of drug-likeness (QED) is 0.756. The highest BCUT2D eigenvalue weighted by Crippen LogP contribution is 2.29. The van der Waals surface area contributed by atoms with E-state index in [-0.39, 0.29) is 17.4 Å². The molecule has 1 saturated heterocycles. The standard InChI is InChI=1S/C22H26N4O2/c1-14(2)26-10-8-23-21(26)16-5-4-9-25(13-16)22(28)18-12-20(27)24-19-7-6-15(3)11-17(18)19/h6-8,10-12,14,16H,4-5,9,13H2,1-3H3,(H,24,27). The minimum absolute atomic E-state index is 0.0750. The average Bonchev–Trinajstić information content (AvgIpc) is 3.17. The Morgan fingerprint density at radius 2 is 2.11 bits per heavy atom. The Kier molecular flexibility index (Phi) is 4.79. The summed E-state index contributed by atoms with van der Waals surface area (Å²) >= 11 is 0. The van der Waals surface area contributed by atoms with Gasteiger partial charge in [-0.25, -0.2) is 4.98 Å². The molecule has 1 aliphatic heterocycles. The number of amides is 1. The number of hydrogen-bond donors (Lipinski definition) is 1. The number of hydrogen-bond acceptors (Lipinski definition) is 3. The number of aromatic amines is 1. The van der Waals surface area contributed by atoms with Crippen molar-refractivity contribution in [2.75, 3.05) is 13.1 Å². The Balaban J connectivity index is 1.67. The summed E-state index contributed by atoms with van der Waals surface area (Å²) in [6.45, 7) is 7.60. The number of pyridine rings is 1. The third-order valence-electron chi connectivity index (χ3n) is 5.56. The van der Waals surface area contributed by atoms with E-state index in [9.17, 15) is 9.59 Å². The molecule has 1 aromatic carbocycles. The van der Waals surface area contributed by atoms with Crippen molar-refractivity contribution in [2.24, 2.45) is 0 Å². The third-order valence-corrected chi connectivity index (χ3v) is 5.56. The van der Waals surface area contributed by atoms with Gasteiger partial charge in [-0.1, -0.05) is 11.6 Å². The summed E-state index contributed by atoms with van der Waals surface area (Å²) in [7, 11) is 0. The molecule has 6 heteroatoms. The number of piperidine rings is 1. The Hall–Kier alpha value is -2.89. The first-order valence-electron chi connectivity index (χ1n) is 9.89. The van der Waals surface area contributed by atoms with E-state index >= 15 is 0 Å². The van der Waals surface area contributed by atoms with E-state index in [1.807, 2.05) is 42.4 Å². The van der Waals surface area contributed by atoms with E-state index in [1.54, 1.807) is 0 Å². The molecule has 1 aliphatic rings. The molecule has 0 bridgehead atoms. The van der Waals surface area contributed by atoms with Crippen LogP contribution in [0.1, 0.15) is 60.4 Å². The second-order valence-corrected chi connectivity index (χ2v) is 7.97. The van der Waals surface area contributed by atoms with E-state index in [2.05, 4.69) is 28.4 Å². The SMILES string of the molecule is Cc1ccc2[nH]c(=O)cc(C(=O)N3CCCC(c4nccn4C(C)C)C3)c2c1. The summed E-state index contributed by atoms with van der Waals surface area (Å²) in [5, 5.41) is 0.801. The molecule has 1 fully saturated rings. The molecular formula is C22H26N4O2. The molecule has 0 radical (unpaired) electrons. The number of benzene rings is 1. The number of aryl methyl sites for hydroxylation is 1. The van der Waals surface area contributed by atoms with Crippen LogP contribution in [0.4, 0.5) is 0 Å². The maximum absolute atomic E-state index is 13.4. The second-order valence-electron chi connectivity index (χ2n) is 7.97. The fraction of sp³-hybridized carbons (Fsp3) is 0.409. The van der Waals surface area contributed by atoms with Gasteiger partial charge in [-0.3, -0.25) is 9.59 Å². The van der Waals surface area contributed by atoms with E-state index < -0.39 is 0 Å². The molecule has 3 aromatic rings. The van der Waals surface area contributed by atoms with Gasteiger partial charge in [0.1, 0.15) is 5.82 Å². The van der Waals surface area contributed by atoms with Crippen molar-refractivity contribution in [1.82, 2.24) is 19.4 Å². The summed E-state index contributed by atoms with van der Waals surface area (Å²) in [4.78, 5) is 34.7. The lowest BCUT2D eigenvalue weighted by atomic mass is 9.95. The number of likely N-dealkylation sites (tertiary alicyclic amines) is 1. The van der Waals surface area contributed by atoms with Gasteiger partial charge in [0.2, 0.25) is 5.56 Å². The van der Waals surface area contributed by atoms with Gasteiger partial charge in [0.15, 0.2) is 0 Å². The summed E-state index contributed by atoms with van der Waals surface area (Å²) in [5.41, 5.74) is 1.99. The van der Waals surface area contributed by atoms with Gasteiger partial charge in [0, 0.05) is 54.4 Å². The molecule has 0 spiro atoms. The number of imidazole rings is 1. The zero-order chi connectivity index (χ0) is 19.8. The summed E-state index contributed by atoms with van der Waals surface area (Å²) in [6, 6.07) is 7.54. The van der Waals surface area contributed by atoms with Crippen molar-refractivity contribution >= 4 is 16.8 Å². The number of fused-ring (bicyclic) bond motifs is 1. The van der Waals surface area contributed by atoms with Crippen LogP contribution in [0.2, 0.25) is 0 Å². The number of carbonyl (C=O) groups is 1. The summed E-state index contributed by atoms with van der Waals surface area (Å²) < 4.78 is 2.19. The number of carbonyl (C=O) groups excluding carboxylic acids is 1. The molecule has 3 heterocycles. The molecule has 146 valence electrons. The highest BCUT2D eigenvalue weighted by Gasteiger charge is 2.29. The van der Waals surface area contributed by atoms with Crippen LogP contribution in [0.5, 0.6) is 0 Å². The lowest BCUT2D eigenvalue weighted by Crippen LogP contribution is -2.40. The Morgan fingerprint density at radius 3 is 2.89 bits per heavy atom. The first kappa shape index (κ1) is 18.5. The maximum Gasteiger partial charge on any atom is 0.254 e. The fourth-order valence-electron chi connectivity index (χ4n) is 4.16. The molecule has 1 N–H and O–H groups in total. The fourth-order valence-corrected chi connectivity index (χ4v) is 4.16. The lowest BCUT2D eigenvalue weighted by Gasteiger charge is -2.33. The van der Waals surface area contributed by atoms with Gasteiger partial charge in [-0.05, 0) is 45.7 Å². The van der Waals surface area contributed by atoms with Crippen molar-refractivity contribution in [3.05, 3.63) is 64.0 Å². The van der Waals surface area contributed by atoms with Crippen LogP contribution in [0.15, 0.2) is 41.5 Å². The van der Waals surface area contributed by atoms with Crippen molar-refractivity contribution in [2.45, 2.75) is 45.6 Å². The van der Waals surface area contributed by atoms with Crippen LogP contribution < -0.4 is 5.56 Å². The van der Waals surface area contributed by atoms with Crippen molar-refractivity contribution in [3.63, 3.8) is 0 Å². The van der Waals surface area contributed by atoms with Crippen LogP contribution in [0, 0.1) is 6.92 Å². The minimum atomic E-state index is -0.247. The van der Waals surface area contributed by atoms with E-state index in [0.717, 1.165) is 29.6 Å². The smallest absolute Gasteiger partial charge is 0.254 e. The largest absolute Gasteiger partial charge is 0.338 e. The zero-order valence-electron chi connectivity index (χ0n) is 16.6. The Labute approximate surface area is 164 Å². The lowest BCUT2D eigenvalue weighted by molar-refractivity contribution is 0.0705. The van der Waals surface area contributed by atoms with Crippen molar-refractivity contribution in [3.8, 4) is 0 Å². The minimum Gasteiger partial charge on any atom is -0.338 e. The average molecular weight is 378 g/mol. The van der Waals surface area contributed by atoms with Crippen LogP contribution in [0.3, 0.4) is 0 Å². The molecule has 0 aliphatic carbocycles. The van der Waals surface area contributed by atoms with Crippen molar-refractivity contribution in [1.29, 1.82) is 0 Å². The normalized spacial score (nSPS) is 17.4. The molecule has 1 amide bonds. The van der Waals surface area contributed by atoms with Crippen molar-refractivity contribution < 1.29 is 4.79 Å². The van der Waals surface area contributed by atoms with Gasteiger partial charge in [-0.15, -0.1) is 0 Å². The highest BCUT2D eigenvalue weighted by atomic mass is 16.2. The number of aromatic nitrogens is 3. The van der Waals surface area contributed by atoms with Crippen LogP contribution in [-0.4, -0.2) is 38.4 Å². The predicted molar refractivity (Wildman–Crippen MR) is 110 cm³/mol. The molecule has 28 heavy (non-hydrogen) atoms. The number of nitrogens with one attached hydrogen (secondary N) is 1. The molecule has 1 atom stereocenters. The topological polar surface area (TPSA) is 71.0 Å². The molecular weight excluding hydrogens is 352 g/mol. The monoisotopic (exact) mass is 378 g/mol. The molecule has 1 unspecified atom stereocenters. The van der Waals surface area contributed by atoms with E-state index in [4.69, 9.17) is 0 Å². The maximum atomic E-state index is 13.4. The Morgan fingerprint density at radius 1 is 1.29 bits per heavy atom. The summed E-state index contributed by atoms with van der Waals surface area (Å²) in [6.07, 6.45) is 5.79. The highest BCUT2D eigenvalue weighted by molar-refractivity contribution is 6.06. The second kappa shape index (κ2) is 7.26. The number of rotatable bonds is 3. The molecule has 0 saturated carbocycles. The predicted octanol–water partition coefficient (Wildman–Crippen LogP) is 3.63. The molecule has 6 nitrogen and oxygen atoms in total. The van der Waals surface area contributed by atoms with Gasteiger partial charge < -0.3 is 14.5 Å². The zero-order valence-corrected chi connectivity index (χ0v) is 16.6. The van der Waals surface area contributed by atoms with Crippen LogP contribution in [0.25, 0.3) is 10.9 Å². The van der Waals surface area contributed by atoms with Gasteiger partial charge >= 0.3 is 0 Å².